The molecule has 4 nitrogen and oxygen atoms in total. The van der Waals surface area contributed by atoms with Gasteiger partial charge >= 0.3 is 5.97 Å². The molecule has 2 N–H and O–H groups in total. The first-order chi connectivity index (χ1) is 12.9. The number of carbonyl (C=O) groups is 1. The first kappa shape index (κ1) is 19.0. The average Bonchev–Trinajstić information content (AvgIpc) is 2.95. The number of rotatable bonds is 4. The summed E-state index contributed by atoms with van der Waals surface area (Å²) in [5.41, 5.74) is 2.02. The lowest BCUT2D eigenvalue weighted by atomic mass is 9.55. The third kappa shape index (κ3) is 3.12. The van der Waals surface area contributed by atoms with Crippen LogP contribution in [0, 0.1) is 23.2 Å². The van der Waals surface area contributed by atoms with E-state index in [4.69, 9.17) is 16.3 Å². The Hall–Kier alpha value is -1.36. The summed E-state index contributed by atoms with van der Waals surface area (Å²) >= 11 is 6.21. The molecule has 0 amide bonds. The van der Waals surface area contributed by atoms with Crippen LogP contribution in [0.4, 0.5) is 0 Å². The second-order valence-corrected chi connectivity index (χ2v) is 8.93. The highest BCUT2D eigenvalue weighted by atomic mass is 35.5. The Kier molecular flexibility index (Phi) is 5.08. The average molecular weight is 390 g/mol. The van der Waals surface area contributed by atoms with Gasteiger partial charge < -0.3 is 15.2 Å². The summed E-state index contributed by atoms with van der Waals surface area (Å²) in [6, 6.07) is 7.69. The van der Waals surface area contributed by atoms with Crippen molar-refractivity contribution in [2.24, 2.45) is 23.2 Å². The van der Waals surface area contributed by atoms with Crippen LogP contribution in [-0.4, -0.2) is 29.8 Å². The molecule has 0 radical (unpaired) electrons. The number of carbonyl (C=O) groups excluding carboxylic acids is 1. The van der Waals surface area contributed by atoms with E-state index in [2.05, 4.69) is 25.2 Å². The van der Waals surface area contributed by atoms with E-state index in [1.54, 1.807) is 0 Å². The number of esters is 1. The Morgan fingerprint density at radius 3 is 2.93 bits per heavy atom. The predicted octanol–water partition coefficient (Wildman–Crippen LogP) is 3.71. The maximum atomic E-state index is 12.6. The minimum absolute atomic E-state index is 0.154. The maximum Gasteiger partial charge on any atom is 0.311 e. The van der Waals surface area contributed by atoms with Crippen molar-refractivity contribution in [1.29, 1.82) is 0 Å². The zero-order valence-corrected chi connectivity index (χ0v) is 16.7. The first-order valence-electron chi connectivity index (χ1n) is 9.95. The highest BCUT2D eigenvalue weighted by Crippen LogP contribution is 2.55. The summed E-state index contributed by atoms with van der Waals surface area (Å²) in [5, 5.41) is 15.4. The molecule has 1 saturated heterocycles. The van der Waals surface area contributed by atoms with Gasteiger partial charge in [-0.2, -0.15) is 0 Å². The monoisotopic (exact) mass is 389 g/mol. The van der Waals surface area contributed by atoms with Crippen molar-refractivity contribution in [3.05, 3.63) is 46.5 Å². The van der Waals surface area contributed by atoms with Gasteiger partial charge in [0.15, 0.2) is 0 Å². The van der Waals surface area contributed by atoms with E-state index in [9.17, 15) is 9.90 Å². The number of allylic oxidation sites excluding steroid dienone is 1. The molecule has 1 aromatic rings. The van der Waals surface area contributed by atoms with Gasteiger partial charge in [0.1, 0.15) is 6.10 Å². The van der Waals surface area contributed by atoms with Gasteiger partial charge in [0.05, 0.1) is 12.0 Å². The Bertz CT molecular complexity index is 764. The van der Waals surface area contributed by atoms with Gasteiger partial charge in [0.2, 0.25) is 0 Å². The number of aliphatic hydroxyl groups is 1. The minimum atomic E-state index is -0.559. The van der Waals surface area contributed by atoms with E-state index < -0.39 is 6.10 Å². The molecule has 27 heavy (non-hydrogen) atoms. The van der Waals surface area contributed by atoms with Crippen molar-refractivity contribution < 1.29 is 14.6 Å². The summed E-state index contributed by atoms with van der Waals surface area (Å²) in [6.45, 7) is 5.47. The predicted molar refractivity (Wildman–Crippen MR) is 105 cm³/mol. The maximum absolute atomic E-state index is 12.6. The standard InChI is InChI=1S/C22H28ClNO3/c1-13-6-5-8-15-10-18-19(20(25)22(13,15)2)16(21(26)27-18)12-24-11-14-7-3-4-9-17(14)23/h3-4,7-9,13,16,18-20,24-25H,5-6,10-12H2,1-2H3. The van der Waals surface area contributed by atoms with Crippen molar-refractivity contribution in [2.45, 2.75) is 51.9 Å². The van der Waals surface area contributed by atoms with Gasteiger partial charge in [0.25, 0.3) is 0 Å². The zero-order valence-electron chi connectivity index (χ0n) is 16.0. The summed E-state index contributed by atoms with van der Waals surface area (Å²) in [6.07, 6.45) is 4.39. The molecule has 1 saturated carbocycles. The number of nitrogens with one attached hydrogen (secondary N) is 1. The van der Waals surface area contributed by atoms with E-state index in [0.717, 1.165) is 24.8 Å². The molecule has 0 spiro atoms. The first-order valence-corrected chi connectivity index (χ1v) is 10.3. The number of fused-ring (bicyclic) bond motifs is 2. The molecule has 2 aliphatic carbocycles. The highest BCUT2D eigenvalue weighted by molar-refractivity contribution is 6.31. The highest BCUT2D eigenvalue weighted by Gasteiger charge is 2.59. The molecule has 1 aliphatic heterocycles. The molecular formula is C22H28ClNO3. The smallest absolute Gasteiger partial charge is 0.311 e. The van der Waals surface area contributed by atoms with Gasteiger partial charge in [-0.05, 0) is 30.4 Å². The number of hydrogen-bond donors (Lipinski definition) is 2. The van der Waals surface area contributed by atoms with Crippen LogP contribution in [-0.2, 0) is 16.1 Å². The normalized spacial score (nSPS) is 38.0. The summed E-state index contributed by atoms with van der Waals surface area (Å²) in [4.78, 5) is 12.6. The number of halogens is 1. The fourth-order valence-corrected chi connectivity index (χ4v) is 5.50. The van der Waals surface area contributed by atoms with Crippen molar-refractivity contribution in [3.8, 4) is 0 Å². The number of hydrogen-bond acceptors (Lipinski definition) is 4. The third-order valence-electron chi connectivity index (χ3n) is 7.21. The fraction of sp³-hybridized carbons (Fsp3) is 0.591. The fourth-order valence-electron chi connectivity index (χ4n) is 5.30. The van der Waals surface area contributed by atoms with E-state index in [1.807, 2.05) is 24.3 Å². The van der Waals surface area contributed by atoms with Crippen molar-refractivity contribution in [3.63, 3.8) is 0 Å². The lowest BCUT2D eigenvalue weighted by molar-refractivity contribution is -0.144. The molecule has 4 rings (SSSR count). The Balaban J connectivity index is 1.50. The van der Waals surface area contributed by atoms with Crippen molar-refractivity contribution in [2.75, 3.05) is 6.54 Å². The Morgan fingerprint density at radius 1 is 1.37 bits per heavy atom. The molecule has 3 aliphatic rings. The SMILES string of the molecule is CC1CCC=C2CC3OC(=O)C(CNCc4ccccc4Cl)C3C(O)C21C. The summed E-state index contributed by atoms with van der Waals surface area (Å²) in [7, 11) is 0. The van der Waals surface area contributed by atoms with Crippen LogP contribution in [0.3, 0.4) is 0 Å². The second-order valence-electron chi connectivity index (χ2n) is 8.52. The van der Waals surface area contributed by atoms with Gasteiger partial charge in [-0.15, -0.1) is 0 Å². The second kappa shape index (κ2) is 7.23. The largest absolute Gasteiger partial charge is 0.461 e. The van der Waals surface area contributed by atoms with Crippen LogP contribution in [0.1, 0.15) is 38.7 Å². The zero-order chi connectivity index (χ0) is 19.2. The third-order valence-corrected chi connectivity index (χ3v) is 7.58. The van der Waals surface area contributed by atoms with Crippen LogP contribution >= 0.6 is 11.6 Å². The molecule has 6 unspecified atom stereocenters. The number of aliphatic hydroxyl groups excluding tert-OH is 1. The molecule has 2 fully saturated rings. The number of ether oxygens (including phenoxy) is 1. The molecule has 1 heterocycles. The molecular weight excluding hydrogens is 362 g/mol. The van der Waals surface area contributed by atoms with E-state index in [0.29, 0.717) is 24.0 Å². The molecule has 146 valence electrons. The van der Waals surface area contributed by atoms with Crippen LogP contribution in [0.5, 0.6) is 0 Å². The van der Waals surface area contributed by atoms with Gasteiger partial charge in [-0.25, -0.2) is 0 Å². The number of benzene rings is 1. The minimum Gasteiger partial charge on any atom is -0.461 e. The van der Waals surface area contributed by atoms with Gasteiger partial charge in [-0.1, -0.05) is 55.3 Å². The van der Waals surface area contributed by atoms with Crippen molar-refractivity contribution in [1.82, 2.24) is 5.32 Å². The van der Waals surface area contributed by atoms with Crippen LogP contribution < -0.4 is 5.32 Å². The molecule has 5 heteroatoms. The molecule has 1 aromatic carbocycles. The molecule has 0 aromatic heterocycles. The van der Waals surface area contributed by atoms with Crippen LogP contribution in [0.15, 0.2) is 35.9 Å². The molecule has 6 atom stereocenters. The summed E-state index contributed by atoms with van der Waals surface area (Å²) < 4.78 is 5.70. The van der Waals surface area contributed by atoms with Gasteiger partial charge in [-0.3, -0.25) is 4.79 Å². The van der Waals surface area contributed by atoms with E-state index in [1.165, 1.54) is 5.57 Å². The Labute approximate surface area is 165 Å². The van der Waals surface area contributed by atoms with Gasteiger partial charge in [0, 0.05) is 35.9 Å². The lowest BCUT2D eigenvalue weighted by Crippen LogP contribution is -2.54. The lowest BCUT2D eigenvalue weighted by Gasteiger charge is -2.51. The van der Waals surface area contributed by atoms with E-state index >= 15 is 0 Å². The van der Waals surface area contributed by atoms with Crippen LogP contribution in [0.25, 0.3) is 0 Å². The topological polar surface area (TPSA) is 58.6 Å². The van der Waals surface area contributed by atoms with Crippen molar-refractivity contribution >= 4 is 17.6 Å². The van der Waals surface area contributed by atoms with Crippen LogP contribution in [0.2, 0.25) is 5.02 Å². The summed E-state index contributed by atoms with van der Waals surface area (Å²) in [5.74, 6) is -0.258. The quantitative estimate of drug-likeness (QED) is 0.608. The molecule has 0 bridgehead atoms. The van der Waals surface area contributed by atoms with E-state index in [-0.39, 0.29) is 29.3 Å². The Morgan fingerprint density at radius 2 is 2.15 bits per heavy atom.